The fourth-order valence-electron chi connectivity index (χ4n) is 2.71. The second-order valence-electron chi connectivity index (χ2n) is 5.31. The summed E-state index contributed by atoms with van der Waals surface area (Å²) in [5, 5.41) is 14.0. The summed E-state index contributed by atoms with van der Waals surface area (Å²) >= 11 is 6.16. The molecular formula is C18H17ClN2O2. The lowest BCUT2D eigenvalue weighted by molar-refractivity contribution is 0.0697. The van der Waals surface area contributed by atoms with Crippen molar-refractivity contribution in [2.24, 2.45) is 0 Å². The molecule has 0 unspecified atom stereocenters. The number of anilines is 1. The molecule has 0 bridgehead atoms. The standard InChI is InChI=1S/C18H17ClN2O2/c1-2-21-11-13(14-5-3-4-6-17(14)21)10-20-16-9-12(18(22)23)7-8-15(16)19/h3-9,11,20H,2,10H2,1H3,(H,22,23). The van der Waals surface area contributed by atoms with Gasteiger partial charge in [0.2, 0.25) is 0 Å². The molecular weight excluding hydrogens is 312 g/mol. The van der Waals surface area contributed by atoms with Crippen LogP contribution in [0.5, 0.6) is 0 Å². The van der Waals surface area contributed by atoms with E-state index in [1.54, 1.807) is 12.1 Å². The third kappa shape index (κ3) is 3.03. The summed E-state index contributed by atoms with van der Waals surface area (Å²) in [5.41, 5.74) is 3.18. The molecule has 0 saturated heterocycles. The summed E-state index contributed by atoms with van der Waals surface area (Å²) in [7, 11) is 0. The first kappa shape index (κ1) is 15.4. The summed E-state index contributed by atoms with van der Waals surface area (Å²) in [5.74, 6) is -0.965. The Morgan fingerprint density at radius 2 is 2.04 bits per heavy atom. The van der Waals surface area contributed by atoms with E-state index in [0.717, 1.165) is 12.1 Å². The predicted octanol–water partition coefficient (Wildman–Crippen LogP) is 4.62. The smallest absolute Gasteiger partial charge is 0.335 e. The van der Waals surface area contributed by atoms with Gasteiger partial charge in [0.1, 0.15) is 0 Å². The number of nitrogens with one attached hydrogen (secondary N) is 1. The van der Waals surface area contributed by atoms with E-state index in [4.69, 9.17) is 16.7 Å². The zero-order chi connectivity index (χ0) is 16.4. The van der Waals surface area contributed by atoms with Gasteiger partial charge in [0, 0.05) is 30.2 Å². The van der Waals surface area contributed by atoms with Gasteiger partial charge in [-0.25, -0.2) is 4.79 Å². The number of halogens is 1. The summed E-state index contributed by atoms with van der Waals surface area (Å²) in [6.07, 6.45) is 2.12. The number of fused-ring (bicyclic) bond motifs is 1. The van der Waals surface area contributed by atoms with Crippen molar-refractivity contribution in [2.75, 3.05) is 5.32 Å². The van der Waals surface area contributed by atoms with Gasteiger partial charge >= 0.3 is 5.97 Å². The number of carbonyl (C=O) groups is 1. The minimum atomic E-state index is -0.965. The van der Waals surface area contributed by atoms with Crippen LogP contribution >= 0.6 is 11.6 Å². The molecule has 2 aromatic carbocycles. The molecule has 1 heterocycles. The number of benzene rings is 2. The van der Waals surface area contributed by atoms with E-state index < -0.39 is 5.97 Å². The molecule has 4 nitrogen and oxygen atoms in total. The van der Waals surface area contributed by atoms with Gasteiger partial charge in [-0.15, -0.1) is 0 Å². The fraction of sp³-hybridized carbons (Fsp3) is 0.167. The van der Waals surface area contributed by atoms with Gasteiger partial charge in [0.15, 0.2) is 0 Å². The lowest BCUT2D eigenvalue weighted by atomic mass is 10.1. The summed E-state index contributed by atoms with van der Waals surface area (Å²) in [6, 6.07) is 12.9. The van der Waals surface area contributed by atoms with Gasteiger partial charge in [-0.3, -0.25) is 0 Å². The van der Waals surface area contributed by atoms with Gasteiger partial charge < -0.3 is 15.0 Å². The van der Waals surface area contributed by atoms with Crippen molar-refractivity contribution in [1.82, 2.24) is 4.57 Å². The van der Waals surface area contributed by atoms with Crippen LogP contribution in [0.25, 0.3) is 10.9 Å². The molecule has 0 spiro atoms. The lowest BCUT2D eigenvalue weighted by Crippen LogP contribution is -2.02. The molecule has 2 N–H and O–H groups in total. The maximum atomic E-state index is 11.1. The zero-order valence-electron chi connectivity index (χ0n) is 12.7. The molecule has 0 atom stereocenters. The molecule has 3 aromatic rings. The highest BCUT2D eigenvalue weighted by Gasteiger charge is 2.10. The molecule has 0 aliphatic carbocycles. The van der Waals surface area contributed by atoms with Gasteiger partial charge in [0.25, 0.3) is 0 Å². The third-order valence-electron chi connectivity index (χ3n) is 3.89. The largest absolute Gasteiger partial charge is 0.478 e. The van der Waals surface area contributed by atoms with Crippen LogP contribution in [0.15, 0.2) is 48.7 Å². The van der Waals surface area contributed by atoms with Crippen molar-refractivity contribution in [3.05, 3.63) is 64.8 Å². The summed E-state index contributed by atoms with van der Waals surface area (Å²) < 4.78 is 2.20. The zero-order valence-corrected chi connectivity index (χ0v) is 13.5. The SMILES string of the molecule is CCn1cc(CNc2cc(C(=O)O)ccc2Cl)c2ccccc21. The Labute approximate surface area is 139 Å². The average Bonchev–Trinajstić information content (AvgIpc) is 2.92. The van der Waals surface area contributed by atoms with Crippen LogP contribution in [0.3, 0.4) is 0 Å². The topological polar surface area (TPSA) is 54.3 Å². The average molecular weight is 329 g/mol. The van der Waals surface area contributed by atoms with Crippen molar-refractivity contribution in [1.29, 1.82) is 0 Å². The van der Waals surface area contributed by atoms with E-state index in [1.807, 2.05) is 12.1 Å². The van der Waals surface area contributed by atoms with Gasteiger partial charge in [-0.1, -0.05) is 29.8 Å². The Morgan fingerprint density at radius 3 is 2.78 bits per heavy atom. The van der Waals surface area contributed by atoms with Crippen LogP contribution in [-0.4, -0.2) is 15.6 Å². The Morgan fingerprint density at radius 1 is 1.26 bits per heavy atom. The number of rotatable bonds is 5. The maximum Gasteiger partial charge on any atom is 0.335 e. The molecule has 1 aromatic heterocycles. The Balaban J connectivity index is 1.89. The predicted molar refractivity (Wildman–Crippen MR) is 93.4 cm³/mol. The molecule has 118 valence electrons. The van der Waals surface area contributed by atoms with E-state index in [1.165, 1.54) is 17.0 Å². The van der Waals surface area contributed by atoms with Gasteiger partial charge in [-0.05, 0) is 36.8 Å². The van der Waals surface area contributed by atoms with E-state index in [2.05, 4.69) is 35.1 Å². The highest BCUT2D eigenvalue weighted by molar-refractivity contribution is 6.33. The number of hydrogen-bond donors (Lipinski definition) is 2. The molecule has 0 aliphatic rings. The van der Waals surface area contributed by atoms with Gasteiger partial charge in [0.05, 0.1) is 16.3 Å². The third-order valence-corrected chi connectivity index (χ3v) is 4.22. The fourth-order valence-corrected chi connectivity index (χ4v) is 2.89. The normalized spacial score (nSPS) is 10.9. The molecule has 5 heteroatoms. The summed E-state index contributed by atoms with van der Waals surface area (Å²) in [4.78, 5) is 11.1. The number of aromatic carboxylic acids is 1. The van der Waals surface area contributed by atoms with Crippen molar-refractivity contribution in [2.45, 2.75) is 20.0 Å². The quantitative estimate of drug-likeness (QED) is 0.718. The second-order valence-corrected chi connectivity index (χ2v) is 5.72. The highest BCUT2D eigenvalue weighted by atomic mass is 35.5. The van der Waals surface area contributed by atoms with Crippen LogP contribution in [0, 0.1) is 0 Å². The molecule has 23 heavy (non-hydrogen) atoms. The lowest BCUT2D eigenvalue weighted by Gasteiger charge is -2.09. The van der Waals surface area contributed by atoms with Crippen molar-refractivity contribution >= 4 is 34.2 Å². The number of para-hydroxylation sites is 1. The second kappa shape index (κ2) is 6.34. The number of carboxylic acids is 1. The van der Waals surface area contributed by atoms with Crippen LogP contribution in [0.4, 0.5) is 5.69 Å². The van der Waals surface area contributed by atoms with Crippen LogP contribution < -0.4 is 5.32 Å². The number of carboxylic acid groups (broad SMARTS) is 1. The first-order valence-electron chi connectivity index (χ1n) is 7.43. The van der Waals surface area contributed by atoms with Crippen molar-refractivity contribution in [3.8, 4) is 0 Å². The summed E-state index contributed by atoms with van der Waals surface area (Å²) in [6.45, 7) is 3.59. The highest BCUT2D eigenvalue weighted by Crippen LogP contribution is 2.26. The van der Waals surface area contributed by atoms with Gasteiger partial charge in [-0.2, -0.15) is 0 Å². The Hall–Kier alpha value is -2.46. The van der Waals surface area contributed by atoms with Crippen LogP contribution in [0.1, 0.15) is 22.8 Å². The molecule has 3 rings (SSSR count). The number of aryl methyl sites for hydroxylation is 1. The van der Waals surface area contributed by atoms with E-state index in [-0.39, 0.29) is 5.56 Å². The molecule has 0 amide bonds. The van der Waals surface area contributed by atoms with Crippen molar-refractivity contribution < 1.29 is 9.90 Å². The number of nitrogens with zero attached hydrogens (tertiary/aromatic N) is 1. The number of aromatic nitrogens is 1. The molecule has 0 radical (unpaired) electrons. The van der Waals surface area contributed by atoms with Crippen LogP contribution in [0.2, 0.25) is 5.02 Å². The first-order valence-corrected chi connectivity index (χ1v) is 7.81. The monoisotopic (exact) mass is 328 g/mol. The van der Waals surface area contributed by atoms with E-state index >= 15 is 0 Å². The Kier molecular flexibility index (Phi) is 4.26. The molecule has 0 aliphatic heterocycles. The maximum absolute atomic E-state index is 11.1. The molecule has 0 saturated carbocycles. The number of hydrogen-bond acceptors (Lipinski definition) is 2. The molecule has 0 fully saturated rings. The van der Waals surface area contributed by atoms with E-state index in [0.29, 0.717) is 17.3 Å². The Bertz CT molecular complexity index is 871. The minimum absolute atomic E-state index is 0.216. The van der Waals surface area contributed by atoms with Crippen molar-refractivity contribution in [3.63, 3.8) is 0 Å². The minimum Gasteiger partial charge on any atom is -0.478 e. The van der Waals surface area contributed by atoms with E-state index in [9.17, 15) is 4.79 Å². The van der Waals surface area contributed by atoms with Crippen LogP contribution in [-0.2, 0) is 13.1 Å². The first-order chi connectivity index (χ1) is 11.1.